The van der Waals surface area contributed by atoms with E-state index in [1.165, 1.54) is 37.7 Å². The molecule has 0 aliphatic rings. The highest BCUT2D eigenvalue weighted by Gasteiger charge is 2.11. The standard InChI is InChI=1S/C29H23N3S2/c1-3-28(33-15-1)23-9-5-21(6-10-23)18-32(25-13-14-26-27(17-25)31-20-30-26)19-22-7-11-24(12-8-22)29-4-2-16-34-29/h1-17,20H,18-19H2,(H,30,31). The fourth-order valence-electron chi connectivity index (χ4n) is 4.23. The van der Waals surface area contributed by atoms with Crippen molar-refractivity contribution in [2.45, 2.75) is 13.1 Å². The lowest BCUT2D eigenvalue weighted by Gasteiger charge is -2.25. The van der Waals surface area contributed by atoms with Crippen molar-refractivity contribution in [2.24, 2.45) is 0 Å². The van der Waals surface area contributed by atoms with Gasteiger partial charge in [-0.2, -0.15) is 0 Å². The molecule has 6 rings (SSSR count). The van der Waals surface area contributed by atoms with Gasteiger partial charge in [0.1, 0.15) is 0 Å². The maximum atomic E-state index is 4.38. The molecule has 0 unspecified atom stereocenters. The predicted molar refractivity (Wildman–Crippen MR) is 145 cm³/mol. The van der Waals surface area contributed by atoms with Gasteiger partial charge < -0.3 is 9.88 Å². The van der Waals surface area contributed by atoms with Crippen LogP contribution in [0.4, 0.5) is 5.69 Å². The Morgan fingerprint density at radius 3 is 1.79 bits per heavy atom. The van der Waals surface area contributed by atoms with Crippen LogP contribution in [-0.4, -0.2) is 9.97 Å². The van der Waals surface area contributed by atoms with Crippen LogP contribution in [-0.2, 0) is 13.1 Å². The minimum absolute atomic E-state index is 0.830. The highest BCUT2D eigenvalue weighted by molar-refractivity contribution is 7.13. The first-order valence-electron chi connectivity index (χ1n) is 11.3. The summed E-state index contributed by atoms with van der Waals surface area (Å²) in [6, 6.07) is 32.9. The molecule has 0 bridgehead atoms. The highest BCUT2D eigenvalue weighted by Crippen LogP contribution is 2.29. The molecule has 0 aliphatic heterocycles. The summed E-state index contributed by atoms with van der Waals surface area (Å²) in [6.07, 6.45) is 1.76. The minimum Gasteiger partial charge on any atom is -0.363 e. The van der Waals surface area contributed by atoms with Gasteiger partial charge in [-0.05, 0) is 63.3 Å². The number of hydrogen-bond donors (Lipinski definition) is 1. The summed E-state index contributed by atoms with van der Waals surface area (Å²) in [7, 11) is 0. The lowest BCUT2D eigenvalue weighted by Crippen LogP contribution is -2.22. The van der Waals surface area contributed by atoms with Crippen LogP contribution in [0.1, 0.15) is 11.1 Å². The summed E-state index contributed by atoms with van der Waals surface area (Å²) < 4.78 is 0. The molecule has 3 aromatic heterocycles. The number of fused-ring (bicyclic) bond motifs is 1. The third-order valence-electron chi connectivity index (χ3n) is 6.04. The van der Waals surface area contributed by atoms with E-state index in [-0.39, 0.29) is 0 Å². The average molecular weight is 478 g/mol. The second kappa shape index (κ2) is 9.29. The third kappa shape index (κ3) is 4.40. The van der Waals surface area contributed by atoms with Crippen LogP contribution in [0.2, 0.25) is 0 Å². The van der Waals surface area contributed by atoms with E-state index in [1.54, 1.807) is 29.0 Å². The first-order chi connectivity index (χ1) is 16.8. The highest BCUT2D eigenvalue weighted by atomic mass is 32.1. The zero-order chi connectivity index (χ0) is 22.7. The molecular weight excluding hydrogens is 454 g/mol. The number of hydrogen-bond acceptors (Lipinski definition) is 4. The zero-order valence-corrected chi connectivity index (χ0v) is 20.2. The van der Waals surface area contributed by atoms with E-state index in [4.69, 9.17) is 0 Å². The second-order valence-corrected chi connectivity index (χ2v) is 10.2. The smallest absolute Gasteiger partial charge is 0.0931 e. The Morgan fingerprint density at radius 2 is 1.26 bits per heavy atom. The molecule has 166 valence electrons. The van der Waals surface area contributed by atoms with Gasteiger partial charge in [0.05, 0.1) is 17.4 Å². The van der Waals surface area contributed by atoms with Gasteiger partial charge in [-0.15, -0.1) is 22.7 Å². The molecule has 0 saturated carbocycles. The molecule has 3 aromatic carbocycles. The van der Waals surface area contributed by atoms with Crippen molar-refractivity contribution >= 4 is 39.4 Å². The molecule has 0 fully saturated rings. The number of anilines is 1. The van der Waals surface area contributed by atoms with Crippen molar-refractivity contribution in [1.82, 2.24) is 9.97 Å². The first-order valence-corrected chi connectivity index (χ1v) is 13.0. The lowest BCUT2D eigenvalue weighted by molar-refractivity contribution is 0.801. The van der Waals surface area contributed by atoms with Crippen molar-refractivity contribution in [1.29, 1.82) is 0 Å². The number of H-pyrrole nitrogens is 1. The number of aromatic amines is 1. The Balaban J connectivity index is 1.28. The largest absolute Gasteiger partial charge is 0.363 e. The molecule has 3 heterocycles. The average Bonchev–Trinajstić information content (AvgIpc) is 3.67. The summed E-state index contributed by atoms with van der Waals surface area (Å²) in [5.41, 5.74) is 8.36. The molecule has 0 aliphatic carbocycles. The van der Waals surface area contributed by atoms with Crippen LogP contribution < -0.4 is 4.90 Å². The van der Waals surface area contributed by atoms with Crippen molar-refractivity contribution < 1.29 is 0 Å². The number of imidazole rings is 1. The topological polar surface area (TPSA) is 31.9 Å². The van der Waals surface area contributed by atoms with Crippen molar-refractivity contribution in [3.05, 3.63) is 119 Å². The summed E-state index contributed by atoms with van der Waals surface area (Å²) >= 11 is 3.55. The summed E-state index contributed by atoms with van der Waals surface area (Å²) in [6.45, 7) is 1.66. The molecule has 0 atom stereocenters. The third-order valence-corrected chi connectivity index (χ3v) is 7.87. The van der Waals surface area contributed by atoms with Crippen LogP contribution in [0.15, 0.2) is 108 Å². The number of thiophene rings is 2. The van der Waals surface area contributed by atoms with Gasteiger partial charge in [0, 0.05) is 28.5 Å². The fraction of sp³-hybridized carbons (Fsp3) is 0.0690. The monoisotopic (exact) mass is 477 g/mol. The SMILES string of the molecule is c1csc(-c2ccc(CN(Cc3ccc(-c4cccs4)cc3)c3ccc4nc[nH]c4c3)cc2)c1. The van der Waals surface area contributed by atoms with Gasteiger partial charge in [0.25, 0.3) is 0 Å². The summed E-state index contributed by atoms with van der Waals surface area (Å²) in [4.78, 5) is 12.7. The Bertz CT molecular complexity index is 1400. The maximum absolute atomic E-state index is 4.38. The van der Waals surface area contributed by atoms with Gasteiger partial charge in [0.2, 0.25) is 0 Å². The van der Waals surface area contributed by atoms with Gasteiger partial charge in [-0.25, -0.2) is 4.98 Å². The molecule has 5 heteroatoms. The summed E-state index contributed by atoms with van der Waals surface area (Å²) in [5.74, 6) is 0. The first kappa shape index (κ1) is 20.9. The van der Waals surface area contributed by atoms with E-state index < -0.39 is 0 Å². The molecule has 0 radical (unpaired) electrons. The number of aromatic nitrogens is 2. The quantitative estimate of drug-likeness (QED) is 0.251. The van der Waals surface area contributed by atoms with Gasteiger partial charge in [-0.1, -0.05) is 60.7 Å². The van der Waals surface area contributed by atoms with E-state index in [9.17, 15) is 0 Å². The van der Waals surface area contributed by atoms with Crippen molar-refractivity contribution in [3.8, 4) is 20.9 Å². The van der Waals surface area contributed by atoms with Gasteiger partial charge >= 0.3 is 0 Å². The molecule has 3 nitrogen and oxygen atoms in total. The Hall–Kier alpha value is -3.67. The molecule has 0 amide bonds. The molecule has 1 N–H and O–H groups in total. The van der Waals surface area contributed by atoms with E-state index in [0.717, 1.165) is 24.1 Å². The van der Waals surface area contributed by atoms with Gasteiger partial charge in [-0.3, -0.25) is 0 Å². The molecule has 34 heavy (non-hydrogen) atoms. The molecule has 6 aromatic rings. The number of benzene rings is 3. The van der Waals surface area contributed by atoms with Crippen LogP contribution in [0.5, 0.6) is 0 Å². The van der Waals surface area contributed by atoms with Crippen molar-refractivity contribution in [2.75, 3.05) is 4.90 Å². The second-order valence-electron chi connectivity index (χ2n) is 8.31. The van der Waals surface area contributed by atoms with Crippen molar-refractivity contribution in [3.63, 3.8) is 0 Å². The predicted octanol–water partition coefficient (Wildman–Crippen LogP) is 8.23. The van der Waals surface area contributed by atoms with Crippen LogP contribution in [0, 0.1) is 0 Å². The maximum Gasteiger partial charge on any atom is 0.0931 e. The Labute approximate surface area is 207 Å². The van der Waals surface area contributed by atoms with E-state index in [2.05, 4.69) is 117 Å². The van der Waals surface area contributed by atoms with E-state index in [1.807, 2.05) is 0 Å². The number of rotatable bonds is 7. The van der Waals surface area contributed by atoms with Crippen LogP contribution in [0.3, 0.4) is 0 Å². The van der Waals surface area contributed by atoms with Crippen LogP contribution >= 0.6 is 22.7 Å². The summed E-state index contributed by atoms with van der Waals surface area (Å²) in [5, 5.41) is 4.25. The van der Waals surface area contributed by atoms with E-state index in [0.29, 0.717) is 0 Å². The molecule has 0 spiro atoms. The normalized spacial score (nSPS) is 11.2. The zero-order valence-electron chi connectivity index (χ0n) is 18.5. The number of nitrogens with zero attached hydrogens (tertiary/aromatic N) is 2. The van der Waals surface area contributed by atoms with Gasteiger partial charge in [0.15, 0.2) is 0 Å². The number of nitrogens with one attached hydrogen (secondary N) is 1. The lowest BCUT2D eigenvalue weighted by atomic mass is 10.1. The van der Waals surface area contributed by atoms with E-state index >= 15 is 0 Å². The fourth-order valence-corrected chi connectivity index (χ4v) is 5.70. The Kier molecular flexibility index (Phi) is 5.71. The van der Waals surface area contributed by atoms with Crippen LogP contribution in [0.25, 0.3) is 31.9 Å². The molecule has 0 saturated heterocycles. The molecular formula is C29H23N3S2. The Morgan fingerprint density at radius 1 is 0.676 bits per heavy atom. The minimum atomic E-state index is 0.830.